The van der Waals surface area contributed by atoms with Crippen molar-refractivity contribution in [3.8, 4) is 0 Å². The Bertz CT molecular complexity index is 628. The molecule has 8 heteroatoms. The van der Waals surface area contributed by atoms with Crippen molar-refractivity contribution in [2.45, 2.75) is 13.1 Å². The molecule has 0 spiro atoms. The van der Waals surface area contributed by atoms with Crippen LogP contribution in [-0.2, 0) is 6.18 Å². The maximum Gasteiger partial charge on any atom is 0.433 e. The van der Waals surface area contributed by atoms with E-state index in [4.69, 9.17) is 0 Å². The Labute approximate surface area is 113 Å². The van der Waals surface area contributed by atoms with Gasteiger partial charge in [-0.05, 0) is 6.92 Å². The first-order valence-electron chi connectivity index (χ1n) is 6.35. The molecule has 1 saturated heterocycles. The molecule has 0 unspecified atom stereocenters. The summed E-state index contributed by atoms with van der Waals surface area (Å²) >= 11 is 0. The summed E-state index contributed by atoms with van der Waals surface area (Å²) in [5.41, 5.74) is -0.00232. The number of aromatic nitrogens is 3. The molecule has 1 fully saturated rings. The Morgan fingerprint density at radius 3 is 2.55 bits per heavy atom. The van der Waals surface area contributed by atoms with E-state index in [1.165, 1.54) is 4.52 Å². The van der Waals surface area contributed by atoms with E-state index in [1.54, 1.807) is 13.0 Å². The van der Waals surface area contributed by atoms with E-state index in [1.807, 2.05) is 4.90 Å². The molecule has 0 saturated carbocycles. The second kappa shape index (κ2) is 4.62. The molecule has 0 amide bonds. The molecule has 0 atom stereocenters. The van der Waals surface area contributed by atoms with Gasteiger partial charge in [-0.15, -0.1) is 0 Å². The summed E-state index contributed by atoms with van der Waals surface area (Å²) < 4.78 is 40.3. The van der Waals surface area contributed by atoms with Crippen LogP contribution >= 0.6 is 0 Å². The van der Waals surface area contributed by atoms with Gasteiger partial charge in [0.1, 0.15) is 5.82 Å². The number of fused-ring (bicyclic) bond motifs is 1. The Kier molecular flexibility index (Phi) is 3.04. The summed E-state index contributed by atoms with van der Waals surface area (Å²) in [6.45, 7) is 4.52. The second-order valence-electron chi connectivity index (χ2n) is 4.79. The molecule has 0 aromatic carbocycles. The summed E-state index contributed by atoms with van der Waals surface area (Å²) in [5, 5.41) is 7.41. The molecule has 3 heterocycles. The van der Waals surface area contributed by atoms with Crippen molar-refractivity contribution in [3.63, 3.8) is 0 Å². The van der Waals surface area contributed by atoms with Crippen LogP contribution in [0.2, 0.25) is 0 Å². The first kappa shape index (κ1) is 13.2. The van der Waals surface area contributed by atoms with E-state index >= 15 is 0 Å². The fourth-order valence-corrected chi connectivity index (χ4v) is 2.34. The molecule has 0 radical (unpaired) electrons. The fourth-order valence-electron chi connectivity index (χ4n) is 2.34. The van der Waals surface area contributed by atoms with Crippen LogP contribution in [0.25, 0.3) is 5.65 Å². The van der Waals surface area contributed by atoms with Crippen LogP contribution in [0.3, 0.4) is 0 Å². The van der Waals surface area contributed by atoms with Crippen molar-refractivity contribution >= 4 is 11.5 Å². The fraction of sp³-hybridized carbons (Fsp3) is 0.500. The number of hydrogen-bond acceptors (Lipinski definition) is 4. The van der Waals surface area contributed by atoms with Crippen LogP contribution in [-0.4, -0.2) is 40.8 Å². The van der Waals surface area contributed by atoms with Crippen molar-refractivity contribution < 1.29 is 13.2 Å². The zero-order chi connectivity index (χ0) is 14.3. The van der Waals surface area contributed by atoms with E-state index in [9.17, 15) is 13.2 Å². The number of nitrogens with one attached hydrogen (secondary N) is 1. The predicted octanol–water partition coefficient (Wildman–Crippen LogP) is 1.47. The Morgan fingerprint density at radius 2 is 1.90 bits per heavy atom. The van der Waals surface area contributed by atoms with Crippen molar-refractivity contribution in [1.29, 1.82) is 0 Å². The molecule has 1 aliphatic heterocycles. The van der Waals surface area contributed by atoms with Gasteiger partial charge in [-0.1, -0.05) is 0 Å². The largest absolute Gasteiger partial charge is 0.433 e. The number of aryl methyl sites for hydroxylation is 1. The number of halogens is 3. The van der Waals surface area contributed by atoms with Gasteiger partial charge >= 0.3 is 6.18 Å². The monoisotopic (exact) mass is 285 g/mol. The van der Waals surface area contributed by atoms with Crippen LogP contribution in [0.15, 0.2) is 12.1 Å². The lowest BCUT2D eigenvalue weighted by Crippen LogP contribution is -2.44. The van der Waals surface area contributed by atoms with Crippen molar-refractivity contribution in [3.05, 3.63) is 23.5 Å². The SMILES string of the molecule is Cc1cc2nc(C(F)(F)F)cc(N3CCNCC3)n2n1. The van der Waals surface area contributed by atoms with Gasteiger partial charge in [-0.3, -0.25) is 0 Å². The first-order chi connectivity index (χ1) is 9.45. The zero-order valence-corrected chi connectivity index (χ0v) is 10.9. The molecule has 0 bridgehead atoms. The summed E-state index contributed by atoms with van der Waals surface area (Å²) in [7, 11) is 0. The highest BCUT2D eigenvalue weighted by atomic mass is 19.4. The van der Waals surface area contributed by atoms with Gasteiger partial charge in [0.25, 0.3) is 0 Å². The summed E-state index contributed by atoms with van der Waals surface area (Å²) in [4.78, 5) is 5.55. The number of piperazine rings is 1. The third-order valence-corrected chi connectivity index (χ3v) is 3.26. The van der Waals surface area contributed by atoms with Gasteiger partial charge in [0.05, 0.1) is 5.69 Å². The molecule has 2 aromatic rings. The maximum absolute atomic E-state index is 12.9. The van der Waals surface area contributed by atoms with Gasteiger partial charge < -0.3 is 10.2 Å². The lowest BCUT2D eigenvalue weighted by molar-refractivity contribution is -0.141. The average Bonchev–Trinajstić information content (AvgIpc) is 2.77. The predicted molar refractivity (Wildman–Crippen MR) is 67.8 cm³/mol. The van der Waals surface area contributed by atoms with E-state index in [0.29, 0.717) is 24.6 Å². The smallest absolute Gasteiger partial charge is 0.354 e. The third-order valence-electron chi connectivity index (χ3n) is 3.26. The number of anilines is 1. The third kappa shape index (κ3) is 2.31. The standard InChI is InChI=1S/C12H14F3N5/c1-8-6-10-17-9(12(13,14)15)7-11(20(10)18-8)19-4-2-16-3-5-19/h6-7,16H,2-5H2,1H3. The molecule has 5 nitrogen and oxygen atoms in total. The highest BCUT2D eigenvalue weighted by Crippen LogP contribution is 2.31. The van der Waals surface area contributed by atoms with Gasteiger partial charge in [-0.2, -0.15) is 22.8 Å². The zero-order valence-electron chi connectivity index (χ0n) is 10.9. The highest BCUT2D eigenvalue weighted by Gasteiger charge is 2.34. The molecule has 20 heavy (non-hydrogen) atoms. The van der Waals surface area contributed by atoms with E-state index in [0.717, 1.165) is 19.2 Å². The summed E-state index contributed by atoms with van der Waals surface area (Å²) in [6, 6.07) is 2.63. The van der Waals surface area contributed by atoms with Gasteiger partial charge in [0, 0.05) is 38.3 Å². The van der Waals surface area contributed by atoms with Crippen LogP contribution in [0.1, 0.15) is 11.4 Å². The molecule has 3 rings (SSSR count). The van der Waals surface area contributed by atoms with E-state index in [-0.39, 0.29) is 5.65 Å². The minimum Gasteiger partial charge on any atom is -0.354 e. The minimum atomic E-state index is -4.46. The van der Waals surface area contributed by atoms with Crippen LogP contribution in [0.4, 0.5) is 19.0 Å². The Morgan fingerprint density at radius 1 is 1.20 bits per heavy atom. The topological polar surface area (TPSA) is 45.5 Å². The van der Waals surface area contributed by atoms with E-state index in [2.05, 4.69) is 15.4 Å². The van der Waals surface area contributed by atoms with Crippen LogP contribution in [0, 0.1) is 6.92 Å². The normalized spacial score (nSPS) is 16.9. The molecule has 108 valence electrons. The lowest BCUT2D eigenvalue weighted by atomic mass is 10.3. The van der Waals surface area contributed by atoms with Crippen molar-refractivity contribution in [1.82, 2.24) is 19.9 Å². The molecular formula is C12H14F3N5. The minimum absolute atomic E-state index is 0.228. The Hall–Kier alpha value is -1.83. The van der Waals surface area contributed by atoms with Gasteiger partial charge in [-0.25, -0.2) is 4.98 Å². The van der Waals surface area contributed by atoms with E-state index < -0.39 is 11.9 Å². The second-order valence-corrected chi connectivity index (χ2v) is 4.79. The molecule has 1 aliphatic rings. The summed E-state index contributed by atoms with van der Waals surface area (Å²) in [6.07, 6.45) is -4.46. The Balaban J connectivity index is 2.16. The average molecular weight is 285 g/mol. The highest BCUT2D eigenvalue weighted by molar-refractivity contribution is 5.52. The number of rotatable bonds is 1. The maximum atomic E-state index is 12.9. The van der Waals surface area contributed by atoms with Crippen LogP contribution < -0.4 is 10.2 Å². The summed E-state index contributed by atoms with van der Waals surface area (Å²) in [5.74, 6) is 0.442. The molecule has 0 aliphatic carbocycles. The van der Waals surface area contributed by atoms with Gasteiger partial charge in [0.2, 0.25) is 0 Å². The number of nitrogens with zero attached hydrogens (tertiary/aromatic N) is 4. The molecule has 1 N–H and O–H groups in total. The van der Waals surface area contributed by atoms with Crippen molar-refractivity contribution in [2.75, 3.05) is 31.1 Å². The number of hydrogen-bond donors (Lipinski definition) is 1. The quantitative estimate of drug-likeness (QED) is 0.862. The van der Waals surface area contributed by atoms with Crippen LogP contribution in [0.5, 0.6) is 0 Å². The lowest BCUT2D eigenvalue weighted by Gasteiger charge is -2.29. The number of alkyl halides is 3. The van der Waals surface area contributed by atoms with Crippen molar-refractivity contribution in [2.24, 2.45) is 0 Å². The van der Waals surface area contributed by atoms with Gasteiger partial charge in [0.15, 0.2) is 11.3 Å². The first-order valence-corrected chi connectivity index (χ1v) is 6.35. The molecule has 2 aromatic heterocycles. The molecular weight excluding hydrogens is 271 g/mol.